The summed E-state index contributed by atoms with van der Waals surface area (Å²) in [4.78, 5) is 12.3. The molecule has 1 amide bonds. The quantitative estimate of drug-likeness (QED) is 0.706. The predicted molar refractivity (Wildman–Crippen MR) is 72.9 cm³/mol. The number of nitrogens with two attached hydrogens (primary N) is 1. The number of aliphatic hydroxyl groups excluding tert-OH is 1. The highest BCUT2D eigenvalue weighted by molar-refractivity contribution is 5.79. The van der Waals surface area contributed by atoms with Gasteiger partial charge in [0.15, 0.2) is 0 Å². The van der Waals surface area contributed by atoms with Crippen LogP contribution in [0.25, 0.3) is 0 Å². The van der Waals surface area contributed by atoms with Crippen molar-refractivity contribution < 1.29 is 9.90 Å². The van der Waals surface area contributed by atoms with Gasteiger partial charge in [-0.15, -0.1) is 0 Å². The lowest BCUT2D eigenvalue weighted by molar-refractivity contribution is -0.132. The molecule has 1 rings (SSSR count). The topological polar surface area (TPSA) is 75.3 Å². The molecule has 1 saturated carbocycles. The minimum atomic E-state index is -0.0653. The van der Waals surface area contributed by atoms with Crippen LogP contribution in [0.15, 0.2) is 0 Å². The van der Waals surface area contributed by atoms with E-state index in [0.717, 1.165) is 12.8 Å². The van der Waals surface area contributed by atoms with Gasteiger partial charge in [0.1, 0.15) is 0 Å². The molecule has 4 atom stereocenters. The lowest BCUT2D eigenvalue weighted by atomic mass is 9.61. The summed E-state index contributed by atoms with van der Waals surface area (Å²) in [5, 5.41) is 11.9. The van der Waals surface area contributed by atoms with Crippen LogP contribution in [-0.2, 0) is 4.79 Å². The van der Waals surface area contributed by atoms with E-state index in [1.165, 1.54) is 0 Å². The van der Waals surface area contributed by atoms with Crippen molar-refractivity contribution in [2.45, 2.75) is 46.6 Å². The smallest absolute Gasteiger partial charge is 0.223 e. The van der Waals surface area contributed by atoms with Crippen molar-refractivity contribution in [2.75, 3.05) is 13.2 Å². The zero-order valence-corrected chi connectivity index (χ0v) is 12.1. The van der Waals surface area contributed by atoms with E-state index in [2.05, 4.69) is 26.1 Å². The molecule has 0 spiro atoms. The van der Waals surface area contributed by atoms with Crippen molar-refractivity contribution in [1.82, 2.24) is 5.32 Å². The maximum absolute atomic E-state index is 12.3. The lowest BCUT2D eigenvalue weighted by Crippen LogP contribution is -2.52. The summed E-state index contributed by atoms with van der Waals surface area (Å²) in [7, 11) is 0. The van der Waals surface area contributed by atoms with E-state index in [0.29, 0.717) is 12.5 Å². The molecule has 4 nitrogen and oxygen atoms in total. The molecule has 0 saturated heterocycles. The fourth-order valence-electron chi connectivity index (χ4n) is 2.78. The van der Waals surface area contributed by atoms with Gasteiger partial charge < -0.3 is 16.2 Å². The normalized spacial score (nSPS) is 32.9. The second-order valence-electron chi connectivity index (χ2n) is 6.44. The zero-order valence-electron chi connectivity index (χ0n) is 12.1. The Bertz CT molecular complexity index is 292. The number of carbonyl (C=O) groups excluding carboxylic acids is 1. The maximum atomic E-state index is 12.3. The summed E-state index contributed by atoms with van der Waals surface area (Å²) in [5.41, 5.74) is 6.03. The van der Waals surface area contributed by atoms with Gasteiger partial charge in [0, 0.05) is 25.1 Å². The monoisotopic (exact) mass is 256 g/mol. The Morgan fingerprint density at radius 2 is 2.11 bits per heavy atom. The number of rotatable bonds is 4. The molecule has 0 aromatic heterocycles. The first-order chi connectivity index (χ1) is 8.30. The molecular formula is C14H28N2O2. The Balaban J connectivity index is 2.62. The molecule has 0 bridgehead atoms. The number of aliphatic hydroxyl groups is 1. The van der Waals surface area contributed by atoms with Gasteiger partial charge in [-0.3, -0.25) is 4.79 Å². The number of hydrogen-bond donors (Lipinski definition) is 3. The van der Waals surface area contributed by atoms with E-state index in [1.807, 2.05) is 6.92 Å². The van der Waals surface area contributed by atoms with Crippen LogP contribution in [0, 0.1) is 23.2 Å². The van der Waals surface area contributed by atoms with Crippen LogP contribution in [-0.4, -0.2) is 30.2 Å². The molecule has 0 aliphatic heterocycles. The van der Waals surface area contributed by atoms with Crippen LogP contribution in [0.2, 0.25) is 0 Å². The van der Waals surface area contributed by atoms with Crippen molar-refractivity contribution in [3.05, 3.63) is 0 Å². The van der Waals surface area contributed by atoms with Gasteiger partial charge in [-0.2, -0.15) is 0 Å². The zero-order chi connectivity index (χ0) is 13.9. The first-order valence-corrected chi connectivity index (χ1v) is 6.94. The van der Waals surface area contributed by atoms with Crippen LogP contribution in [0.3, 0.4) is 0 Å². The van der Waals surface area contributed by atoms with Crippen molar-refractivity contribution in [2.24, 2.45) is 28.9 Å². The van der Waals surface area contributed by atoms with Crippen LogP contribution in [0.5, 0.6) is 0 Å². The molecule has 18 heavy (non-hydrogen) atoms. The fourth-order valence-corrected chi connectivity index (χ4v) is 2.78. The van der Waals surface area contributed by atoms with Crippen molar-refractivity contribution in [3.8, 4) is 0 Å². The van der Waals surface area contributed by atoms with Gasteiger partial charge in [0.2, 0.25) is 5.91 Å². The van der Waals surface area contributed by atoms with Crippen molar-refractivity contribution >= 4 is 5.91 Å². The maximum Gasteiger partial charge on any atom is 0.223 e. The second kappa shape index (κ2) is 6.02. The Labute approximate surface area is 110 Å². The molecule has 4 heteroatoms. The largest absolute Gasteiger partial charge is 0.396 e. The third-order valence-electron chi connectivity index (χ3n) is 4.76. The molecule has 0 heterocycles. The molecule has 4 unspecified atom stereocenters. The second-order valence-corrected chi connectivity index (χ2v) is 6.44. The van der Waals surface area contributed by atoms with Crippen molar-refractivity contribution in [1.29, 1.82) is 0 Å². The van der Waals surface area contributed by atoms with Crippen LogP contribution in [0.1, 0.15) is 40.5 Å². The summed E-state index contributed by atoms with van der Waals surface area (Å²) in [5.74, 6) is 0.592. The summed E-state index contributed by atoms with van der Waals surface area (Å²) in [6.45, 7) is 8.98. The SMILES string of the molecule is CC(CO)CNC(=O)C1CCC(N)C(C)C1(C)C. The molecule has 0 aromatic rings. The standard InChI is InChI=1S/C14H28N2O2/c1-9(8-17)7-16-13(18)11-5-6-12(15)10(2)14(11,3)4/h9-12,17H,5-8,15H2,1-4H3,(H,16,18). The van der Waals surface area contributed by atoms with Crippen molar-refractivity contribution in [3.63, 3.8) is 0 Å². The molecule has 1 aliphatic carbocycles. The van der Waals surface area contributed by atoms with Gasteiger partial charge in [-0.1, -0.05) is 27.7 Å². The van der Waals surface area contributed by atoms with Gasteiger partial charge in [-0.05, 0) is 30.1 Å². The number of carbonyl (C=O) groups is 1. The molecule has 106 valence electrons. The first-order valence-electron chi connectivity index (χ1n) is 6.94. The average Bonchev–Trinajstić information content (AvgIpc) is 2.32. The van der Waals surface area contributed by atoms with Crippen LogP contribution < -0.4 is 11.1 Å². The minimum Gasteiger partial charge on any atom is -0.396 e. The van der Waals surface area contributed by atoms with E-state index < -0.39 is 0 Å². The molecular weight excluding hydrogens is 228 g/mol. The van der Waals surface area contributed by atoms with E-state index in [9.17, 15) is 4.79 Å². The minimum absolute atomic E-state index is 0.0261. The molecule has 4 N–H and O–H groups in total. The Kier molecular flexibility index (Phi) is 5.17. The lowest BCUT2D eigenvalue weighted by Gasteiger charge is -2.46. The summed E-state index contributed by atoms with van der Waals surface area (Å²) < 4.78 is 0. The molecule has 1 aliphatic rings. The number of hydrogen-bond acceptors (Lipinski definition) is 3. The molecule has 1 fully saturated rings. The van der Waals surface area contributed by atoms with Gasteiger partial charge in [-0.25, -0.2) is 0 Å². The number of amides is 1. The molecule has 0 radical (unpaired) electrons. The van der Waals surface area contributed by atoms with Gasteiger partial charge in [0.25, 0.3) is 0 Å². The Morgan fingerprint density at radius 3 is 2.67 bits per heavy atom. The summed E-state index contributed by atoms with van der Waals surface area (Å²) >= 11 is 0. The van der Waals surface area contributed by atoms with E-state index in [-0.39, 0.29) is 35.8 Å². The predicted octanol–water partition coefficient (Wildman–Crippen LogP) is 1.13. The van der Waals surface area contributed by atoms with Gasteiger partial charge in [0.05, 0.1) is 0 Å². The average molecular weight is 256 g/mol. The number of nitrogens with one attached hydrogen (secondary N) is 1. The Morgan fingerprint density at radius 1 is 1.50 bits per heavy atom. The third kappa shape index (κ3) is 3.23. The Hall–Kier alpha value is -0.610. The van der Waals surface area contributed by atoms with E-state index in [4.69, 9.17) is 10.8 Å². The summed E-state index contributed by atoms with van der Waals surface area (Å²) in [6.07, 6.45) is 1.77. The van der Waals surface area contributed by atoms with E-state index in [1.54, 1.807) is 0 Å². The summed E-state index contributed by atoms with van der Waals surface area (Å²) in [6, 6.07) is 0.195. The highest BCUT2D eigenvalue weighted by atomic mass is 16.3. The van der Waals surface area contributed by atoms with Crippen LogP contribution in [0.4, 0.5) is 0 Å². The first kappa shape index (κ1) is 15.4. The molecule has 0 aromatic carbocycles. The highest BCUT2D eigenvalue weighted by Crippen LogP contribution is 2.44. The van der Waals surface area contributed by atoms with Gasteiger partial charge >= 0.3 is 0 Å². The third-order valence-corrected chi connectivity index (χ3v) is 4.76. The highest BCUT2D eigenvalue weighted by Gasteiger charge is 2.44. The fraction of sp³-hybridized carbons (Fsp3) is 0.929. The van der Waals surface area contributed by atoms with E-state index >= 15 is 0 Å². The van der Waals surface area contributed by atoms with Crippen LogP contribution >= 0.6 is 0 Å².